The van der Waals surface area contributed by atoms with E-state index in [9.17, 15) is 28.8 Å². The van der Waals surface area contributed by atoms with E-state index >= 15 is 4.39 Å². The molecule has 2 saturated heterocycles. The fraction of sp³-hybridized carbons (Fsp3) is 0.655. The number of rotatable bonds is 4. The molecule has 2 saturated carbocycles. The second-order valence-corrected chi connectivity index (χ2v) is 14.8. The number of amides is 4. The van der Waals surface area contributed by atoms with Gasteiger partial charge in [-0.25, -0.2) is 9.37 Å². The fourth-order valence-corrected chi connectivity index (χ4v) is 8.06. The Kier molecular flexibility index (Phi) is 7.28. The van der Waals surface area contributed by atoms with E-state index in [0.29, 0.717) is 12.8 Å². The third kappa shape index (κ3) is 4.85. The number of pyridine rings is 1. The van der Waals surface area contributed by atoms with E-state index in [-0.39, 0.29) is 42.9 Å². The molecule has 1 aromatic heterocycles. The third-order valence-electron chi connectivity index (χ3n) is 9.93. The van der Waals surface area contributed by atoms with Crippen molar-refractivity contribution in [2.75, 3.05) is 18.4 Å². The molecule has 0 radical (unpaired) electrons. The Morgan fingerprint density at radius 1 is 1.25 bits per heavy atom. The van der Waals surface area contributed by atoms with Crippen molar-refractivity contribution in [2.24, 2.45) is 29.1 Å². The minimum absolute atomic E-state index is 0.0481. The fourth-order valence-electron chi connectivity index (χ4n) is 7.95. The number of hydrogen-bond acceptors (Lipinski definition) is 7. The number of carbonyl (C=O) groups excluding carboxylic acids is 4. The predicted molar refractivity (Wildman–Crippen MR) is 152 cm³/mol. The molecular weight excluding hydrogens is 621 g/mol. The van der Waals surface area contributed by atoms with Crippen molar-refractivity contribution in [1.29, 1.82) is 5.26 Å². The van der Waals surface area contributed by atoms with Crippen LogP contribution in [0, 0.1) is 40.4 Å². The van der Waals surface area contributed by atoms with Gasteiger partial charge in [-0.05, 0) is 54.1 Å². The number of anilines is 1. The smallest absolute Gasteiger partial charge is 0.335 e. The highest BCUT2D eigenvalue weighted by Gasteiger charge is 2.65. The highest BCUT2D eigenvalue weighted by atomic mass is 35.5. The summed E-state index contributed by atoms with van der Waals surface area (Å²) >= 11 is 10.7. The normalized spacial score (nSPS) is 34.6. The zero-order valence-electron chi connectivity index (χ0n) is 24.2. The highest BCUT2D eigenvalue weighted by molar-refractivity contribution is 6.56. The second kappa shape index (κ2) is 10.4. The number of alkyl halides is 4. The van der Waals surface area contributed by atoms with Gasteiger partial charge >= 0.3 is 4.59 Å². The van der Waals surface area contributed by atoms with E-state index in [4.69, 9.17) is 27.9 Å². The molecule has 1 spiro atoms. The molecule has 5 aliphatic rings. The van der Waals surface area contributed by atoms with Crippen molar-refractivity contribution in [2.45, 2.75) is 74.5 Å². The van der Waals surface area contributed by atoms with Crippen LogP contribution in [0.4, 0.5) is 14.6 Å². The van der Waals surface area contributed by atoms with Gasteiger partial charge in [0.2, 0.25) is 17.4 Å². The first kappa shape index (κ1) is 30.8. The molecule has 2 bridgehead atoms. The summed E-state index contributed by atoms with van der Waals surface area (Å²) in [5, 5.41) is 15.1. The van der Waals surface area contributed by atoms with Crippen molar-refractivity contribution < 1.29 is 32.7 Å². The van der Waals surface area contributed by atoms with E-state index < -0.39 is 75.4 Å². The number of nitriles is 1. The summed E-state index contributed by atoms with van der Waals surface area (Å²) in [6.45, 7) is 4.78. The van der Waals surface area contributed by atoms with E-state index in [1.807, 2.05) is 0 Å². The molecule has 4 amide bonds. The summed E-state index contributed by atoms with van der Waals surface area (Å²) in [6.07, 6.45) is 1.10. The van der Waals surface area contributed by atoms with Crippen LogP contribution in [0.5, 0.6) is 5.75 Å². The van der Waals surface area contributed by atoms with Crippen LogP contribution in [0.2, 0.25) is 0 Å². The molecule has 1 aromatic rings. The maximum atomic E-state index is 15.2. The molecule has 9 atom stereocenters. The van der Waals surface area contributed by atoms with Crippen molar-refractivity contribution in [1.82, 2.24) is 20.1 Å². The Bertz CT molecular complexity index is 1460. The number of fused-ring (bicyclic) bond motifs is 6. The first-order valence-corrected chi connectivity index (χ1v) is 15.3. The molecule has 4 heterocycles. The molecular formula is C29H32Cl2F2N6O5. The molecule has 44 heavy (non-hydrogen) atoms. The number of nitrogens with one attached hydrogen (secondary N) is 2. The van der Waals surface area contributed by atoms with Crippen molar-refractivity contribution in [3.8, 4) is 11.8 Å². The minimum Gasteiger partial charge on any atom is -0.472 e. The number of carbonyl (C=O) groups is 4. The van der Waals surface area contributed by atoms with E-state index in [0.717, 1.165) is 0 Å². The lowest BCUT2D eigenvalue weighted by Gasteiger charge is -2.39. The third-order valence-corrected chi connectivity index (χ3v) is 10.3. The summed E-state index contributed by atoms with van der Waals surface area (Å²) in [5.41, 5.74) is -2.55. The van der Waals surface area contributed by atoms with Crippen LogP contribution < -0.4 is 15.4 Å². The summed E-state index contributed by atoms with van der Waals surface area (Å²) in [4.78, 5) is 61.2. The van der Waals surface area contributed by atoms with Gasteiger partial charge in [-0.3, -0.25) is 19.2 Å². The topological polar surface area (TPSA) is 145 Å². The van der Waals surface area contributed by atoms with Crippen LogP contribution in [-0.2, 0) is 19.2 Å². The number of aromatic nitrogens is 1. The molecule has 6 rings (SSSR count). The molecule has 9 unspecified atom stereocenters. The zero-order chi connectivity index (χ0) is 31.9. The molecule has 2 N–H and O–H groups in total. The van der Waals surface area contributed by atoms with Gasteiger partial charge < -0.3 is 25.2 Å². The van der Waals surface area contributed by atoms with Gasteiger partial charge in [0.15, 0.2) is 11.6 Å². The average molecular weight is 654 g/mol. The number of nitrogens with zero attached hydrogens (tertiary/aromatic N) is 4. The van der Waals surface area contributed by atoms with Crippen LogP contribution in [0.1, 0.15) is 40.0 Å². The average Bonchev–Trinajstić information content (AvgIpc) is 3.70. The summed E-state index contributed by atoms with van der Waals surface area (Å²) in [7, 11) is 0. The van der Waals surface area contributed by atoms with Gasteiger partial charge in [-0.15, -0.1) is 0 Å². The van der Waals surface area contributed by atoms with Crippen molar-refractivity contribution >= 4 is 52.6 Å². The highest BCUT2D eigenvalue weighted by Crippen LogP contribution is 2.59. The summed E-state index contributed by atoms with van der Waals surface area (Å²) < 4.78 is 32.1. The minimum atomic E-state index is -3.31. The lowest BCUT2D eigenvalue weighted by molar-refractivity contribution is -0.150. The SMILES string of the molecule is CC(C)(C)C(NC(=O)C(F)(Cl)Cl)C(=O)N1CC2C3CC(F)C(C3)C2C1C(=O)N1CC2(CC1C#N)Oc1cccnc1NC2=O. The quantitative estimate of drug-likeness (QED) is 0.476. The maximum absolute atomic E-state index is 15.2. The lowest BCUT2D eigenvalue weighted by atomic mass is 9.77. The maximum Gasteiger partial charge on any atom is 0.335 e. The van der Waals surface area contributed by atoms with Crippen LogP contribution in [-0.4, -0.2) is 86.0 Å². The van der Waals surface area contributed by atoms with Gasteiger partial charge in [0, 0.05) is 19.2 Å². The Balaban J connectivity index is 1.34. The van der Waals surface area contributed by atoms with Crippen LogP contribution in [0.25, 0.3) is 0 Å². The van der Waals surface area contributed by atoms with E-state index in [1.54, 1.807) is 32.9 Å². The first-order chi connectivity index (χ1) is 20.6. The molecule has 3 aliphatic heterocycles. The van der Waals surface area contributed by atoms with Crippen molar-refractivity contribution in [3.05, 3.63) is 18.3 Å². The zero-order valence-corrected chi connectivity index (χ0v) is 25.7. The Hall–Kier alpha value is -3.24. The number of hydrogen-bond donors (Lipinski definition) is 2. The lowest BCUT2D eigenvalue weighted by Crippen LogP contribution is -2.61. The molecule has 2 aliphatic carbocycles. The van der Waals surface area contributed by atoms with Gasteiger partial charge in [0.05, 0.1) is 12.6 Å². The van der Waals surface area contributed by atoms with Crippen LogP contribution in [0.15, 0.2) is 18.3 Å². The van der Waals surface area contributed by atoms with E-state index in [1.165, 1.54) is 16.0 Å². The summed E-state index contributed by atoms with van der Waals surface area (Å²) in [5.74, 6) is -4.04. The van der Waals surface area contributed by atoms with E-state index in [2.05, 4.69) is 21.7 Å². The van der Waals surface area contributed by atoms with Crippen molar-refractivity contribution in [3.63, 3.8) is 0 Å². The Morgan fingerprint density at radius 2 is 1.98 bits per heavy atom. The van der Waals surface area contributed by atoms with Crippen LogP contribution >= 0.6 is 23.2 Å². The number of ether oxygens (including phenoxy) is 1. The largest absolute Gasteiger partial charge is 0.472 e. The number of likely N-dealkylation sites (tertiary alicyclic amines) is 2. The predicted octanol–water partition coefficient (Wildman–Crippen LogP) is 2.73. The molecule has 0 aromatic carbocycles. The van der Waals surface area contributed by atoms with Gasteiger partial charge in [-0.2, -0.15) is 9.65 Å². The monoisotopic (exact) mass is 652 g/mol. The summed E-state index contributed by atoms with van der Waals surface area (Å²) in [6, 6.07) is 1.72. The molecule has 236 valence electrons. The standard InChI is InChI=1S/C29H32Cl2F2N6O5/c1-27(2,3)21(36-26(43)29(30,31)33)24(41)38-11-16-13-7-15(17(32)8-13)19(16)20(38)23(40)39-12-28(9-14(39)10-34)25(42)37-22-18(44-28)5-4-6-35-22/h4-6,13-17,19-21H,7-9,11-12H2,1-3H3,(H,36,43)(H,35,37,42). The van der Waals surface area contributed by atoms with Crippen LogP contribution in [0.3, 0.4) is 0 Å². The van der Waals surface area contributed by atoms with Gasteiger partial charge in [0.25, 0.3) is 11.8 Å². The molecule has 11 nitrogen and oxygen atoms in total. The van der Waals surface area contributed by atoms with Gasteiger partial charge in [-0.1, -0.05) is 44.0 Å². The molecule has 15 heteroatoms. The Labute approximate surface area is 262 Å². The Morgan fingerprint density at radius 3 is 2.64 bits per heavy atom. The number of halogens is 4. The van der Waals surface area contributed by atoms with Gasteiger partial charge in [0.1, 0.15) is 24.3 Å². The first-order valence-electron chi connectivity index (χ1n) is 14.5. The second-order valence-electron chi connectivity index (χ2n) is 13.6. The molecule has 4 fully saturated rings.